The van der Waals surface area contributed by atoms with E-state index in [1.165, 1.54) is 5.01 Å². The van der Waals surface area contributed by atoms with Crippen molar-refractivity contribution in [3.63, 3.8) is 0 Å². The Morgan fingerprint density at radius 1 is 1.47 bits per heavy atom. The van der Waals surface area contributed by atoms with Gasteiger partial charge in [0, 0.05) is 7.05 Å². The maximum atomic E-state index is 10.3. The van der Waals surface area contributed by atoms with Crippen LogP contribution in [0.5, 0.6) is 5.75 Å². The highest BCUT2D eigenvalue weighted by molar-refractivity contribution is 5.33. The third-order valence-electron chi connectivity index (χ3n) is 2.47. The molecule has 0 saturated carbocycles. The average Bonchev–Trinajstić information content (AvgIpc) is 2.28. The van der Waals surface area contributed by atoms with E-state index in [-0.39, 0.29) is 6.04 Å². The zero-order valence-electron chi connectivity index (χ0n) is 9.30. The monoisotopic (exact) mass is 208 g/mol. The zero-order chi connectivity index (χ0) is 11.3. The van der Waals surface area contributed by atoms with E-state index in [1.807, 2.05) is 31.2 Å². The van der Waals surface area contributed by atoms with Crippen LogP contribution in [-0.2, 0) is 6.42 Å². The zero-order valence-corrected chi connectivity index (χ0v) is 9.30. The van der Waals surface area contributed by atoms with Gasteiger partial charge in [-0.3, -0.25) is 5.01 Å². The second-order valence-electron chi connectivity index (χ2n) is 3.52. The number of benzene rings is 1. The first-order valence-electron chi connectivity index (χ1n) is 4.87. The minimum atomic E-state index is 0.0683. The van der Waals surface area contributed by atoms with Crippen molar-refractivity contribution < 1.29 is 4.74 Å². The lowest BCUT2D eigenvalue weighted by Crippen LogP contribution is -2.25. The number of ether oxygens (including phenoxy) is 1. The van der Waals surface area contributed by atoms with Crippen LogP contribution in [0.4, 0.5) is 0 Å². The first kappa shape index (κ1) is 11.5. The molecule has 0 amide bonds. The molecule has 0 fully saturated rings. The first-order chi connectivity index (χ1) is 7.19. The van der Waals surface area contributed by atoms with Crippen LogP contribution in [0.2, 0.25) is 0 Å². The molecule has 0 aliphatic rings. The van der Waals surface area contributed by atoms with Gasteiger partial charge < -0.3 is 4.74 Å². The van der Waals surface area contributed by atoms with Gasteiger partial charge in [0.25, 0.3) is 0 Å². The molecule has 0 N–H and O–H groups in total. The number of likely N-dealkylation sites (N-methyl/N-ethyl adjacent to an activating group) is 1. The van der Waals surface area contributed by atoms with Crippen molar-refractivity contribution in [3.05, 3.63) is 34.7 Å². The van der Waals surface area contributed by atoms with Crippen molar-refractivity contribution in [2.75, 3.05) is 14.2 Å². The van der Waals surface area contributed by atoms with E-state index in [0.29, 0.717) is 0 Å². The van der Waals surface area contributed by atoms with Gasteiger partial charge in [-0.2, -0.15) is 0 Å². The van der Waals surface area contributed by atoms with Gasteiger partial charge in [-0.25, -0.2) is 0 Å². The number of para-hydroxylation sites is 1. The van der Waals surface area contributed by atoms with Crippen molar-refractivity contribution in [2.24, 2.45) is 5.29 Å². The second kappa shape index (κ2) is 5.34. The molecule has 1 unspecified atom stereocenters. The van der Waals surface area contributed by atoms with Crippen LogP contribution < -0.4 is 4.74 Å². The fourth-order valence-electron chi connectivity index (χ4n) is 1.40. The summed E-state index contributed by atoms with van der Waals surface area (Å²) in [7, 11) is 3.32. The molecule has 0 spiro atoms. The quantitative estimate of drug-likeness (QED) is 0.550. The largest absolute Gasteiger partial charge is 0.496 e. The van der Waals surface area contributed by atoms with Gasteiger partial charge in [0.05, 0.1) is 18.4 Å². The summed E-state index contributed by atoms with van der Waals surface area (Å²) >= 11 is 0. The number of nitrogens with zero attached hydrogens (tertiary/aromatic N) is 2. The lowest BCUT2D eigenvalue weighted by molar-refractivity contribution is 0.263. The molecule has 1 rings (SSSR count). The Kier molecular flexibility index (Phi) is 4.09. The van der Waals surface area contributed by atoms with Crippen LogP contribution in [0.3, 0.4) is 0 Å². The average molecular weight is 208 g/mol. The molecule has 15 heavy (non-hydrogen) atoms. The second-order valence-corrected chi connectivity index (χ2v) is 3.52. The van der Waals surface area contributed by atoms with Crippen LogP contribution in [0.25, 0.3) is 0 Å². The molecular formula is C11H16N2O2. The fourth-order valence-corrected chi connectivity index (χ4v) is 1.40. The molecule has 0 radical (unpaired) electrons. The standard InChI is InChI=1S/C11H16N2O2/c1-9(13(2)12-14)8-10-6-4-5-7-11(10)15-3/h4-7,9H,8H2,1-3H3. The smallest absolute Gasteiger partial charge is 0.122 e. The van der Waals surface area contributed by atoms with E-state index in [4.69, 9.17) is 4.74 Å². The molecule has 0 saturated heterocycles. The van der Waals surface area contributed by atoms with Gasteiger partial charge in [0.1, 0.15) is 5.75 Å². The number of nitroso groups, excluding NO2 is 1. The van der Waals surface area contributed by atoms with Crippen LogP contribution in [0, 0.1) is 4.91 Å². The molecule has 0 aliphatic heterocycles. The maximum absolute atomic E-state index is 10.3. The molecule has 4 nitrogen and oxygen atoms in total. The van der Waals surface area contributed by atoms with Crippen LogP contribution in [-0.4, -0.2) is 25.2 Å². The molecule has 4 heteroatoms. The van der Waals surface area contributed by atoms with Crippen molar-refractivity contribution in [3.8, 4) is 5.75 Å². The Morgan fingerprint density at radius 2 is 2.13 bits per heavy atom. The molecule has 82 valence electrons. The Labute approximate surface area is 89.8 Å². The molecule has 0 heterocycles. The molecular weight excluding hydrogens is 192 g/mol. The van der Waals surface area contributed by atoms with E-state index >= 15 is 0 Å². The van der Waals surface area contributed by atoms with E-state index in [1.54, 1.807) is 14.2 Å². The summed E-state index contributed by atoms with van der Waals surface area (Å²) in [5, 5.41) is 4.29. The van der Waals surface area contributed by atoms with Gasteiger partial charge >= 0.3 is 0 Å². The van der Waals surface area contributed by atoms with Gasteiger partial charge in [0.15, 0.2) is 0 Å². The number of methoxy groups -OCH3 is 1. The Morgan fingerprint density at radius 3 is 2.73 bits per heavy atom. The normalized spacial score (nSPS) is 11.9. The third kappa shape index (κ3) is 2.94. The lowest BCUT2D eigenvalue weighted by atomic mass is 10.1. The summed E-state index contributed by atoms with van der Waals surface area (Å²) in [6.07, 6.45) is 0.742. The Balaban J connectivity index is 2.75. The summed E-state index contributed by atoms with van der Waals surface area (Å²) < 4.78 is 5.23. The summed E-state index contributed by atoms with van der Waals surface area (Å²) in [6, 6.07) is 7.86. The van der Waals surface area contributed by atoms with E-state index in [0.717, 1.165) is 17.7 Å². The molecule has 1 aromatic carbocycles. The van der Waals surface area contributed by atoms with Crippen LogP contribution in [0.15, 0.2) is 29.6 Å². The van der Waals surface area contributed by atoms with Crippen molar-refractivity contribution in [1.82, 2.24) is 5.01 Å². The predicted molar refractivity (Wildman–Crippen MR) is 59.7 cm³/mol. The van der Waals surface area contributed by atoms with Gasteiger partial charge in [-0.1, -0.05) is 18.2 Å². The molecule has 0 aliphatic carbocycles. The number of hydrogen-bond donors (Lipinski definition) is 0. The van der Waals surface area contributed by atoms with Gasteiger partial charge in [-0.05, 0) is 25.0 Å². The van der Waals surface area contributed by atoms with Crippen LogP contribution in [0.1, 0.15) is 12.5 Å². The first-order valence-corrected chi connectivity index (χ1v) is 4.87. The topological polar surface area (TPSA) is 41.9 Å². The van der Waals surface area contributed by atoms with Crippen molar-refractivity contribution in [1.29, 1.82) is 0 Å². The van der Waals surface area contributed by atoms with Crippen molar-refractivity contribution in [2.45, 2.75) is 19.4 Å². The summed E-state index contributed by atoms with van der Waals surface area (Å²) in [5.41, 5.74) is 1.09. The summed E-state index contributed by atoms with van der Waals surface area (Å²) in [4.78, 5) is 10.3. The number of hydrogen-bond acceptors (Lipinski definition) is 3. The SMILES string of the molecule is COc1ccccc1CC(C)N(C)N=O. The Bertz CT molecular complexity index is 328. The predicted octanol–water partition coefficient (Wildman–Crippen LogP) is 2.24. The lowest BCUT2D eigenvalue weighted by Gasteiger charge is -2.19. The fraction of sp³-hybridized carbons (Fsp3) is 0.455. The molecule has 1 aromatic rings. The maximum Gasteiger partial charge on any atom is 0.122 e. The van der Waals surface area contributed by atoms with E-state index in [2.05, 4.69) is 5.29 Å². The molecule has 0 bridgehead atoms. The van der Waals surface area contributed by atoms with Gasteiger partial charge in [-0.15, -0.1) is 4.91 Å². The highest BCUT2D eigenvalue weighted by atomic mass is 16.5. The van der Waals surface area contributed by atoms with Gasteiger partial charge in [0.2, 0.25) is 0 Å². The highest BCUT2D eigenvalue weighted by Gasteiger charge is 2.11. The third-order valence-corrected chi connectivity index (χ3v) is 2.47. The van der Waals surface area contributed by atoms with Crippen molar-refractivity contribution >= 4 is 0 Å². The highest BCUT2D eigenvalue weighted by Crippen LogP contribution is 2.20. The Hall–Kier alpha value is -1.58. The number of rotatable bonds is 5. The van der Waals surface area contributed by atoms with E-state index in [9.17, 15) is 4.91 Å². The summed E-state index contributed by atoms with van der Waals surface area (Å²) in [5.74, 6) is 0.851. The molecule has 0 aromatic heterocycles. The van der Waals surface area contributed by atoms with E-state index < -0.39 is 0 Å². The molecule has 1 atom stereocenters. The summed E-state index contributed by atoms with van der Waals surface area (Å²) in [6.45, 7) is 1.95. The minimum absolute atomic E-state index is 0.0683. The minimum Gasteiger partial charge on any atom is -0.496 e. The van der Waals surface area contributed by atoms with Crippen LogP contribution >= 0.6 is 0 Å².